The van der Waals surface area contributed by atoms with Crippen molar-refractivity contribution in [2.75, 3.05) is 0 Å². The fourth-order valence-electron chi connectivity index (χ4n) is 4.15. The number of hydrogen-bond donors (Lipinski definition) is 1. The van der Waals surface area contributed by atoms with Crippen LogP contribution < -0.4 is 5.32 Å². The van der Waals surface area contributed by atoms with Gasteiger partial charge in [0.2, 0.25) is 17.6 Å². The Morgan fingerprint density at radius 3 is 2.73 bits per heavy atom. The second kappa shape index (κ2) is 6.88. The number of nitrogens with zero attached hydrogens (tertiary/aromatic N) is 2. The fourth-order valence-corrected chi connectivity index (χ4v) is 4.15. The molecule has 1 unspecified atom stereocenters. The van der Waals surface area contributed by atoms with Crippen LogP contribution in [-0.2, 0) is 16.1 Å². The highest BCUT2D eigenvalue weighted by Gasteiger charge is 2.39. The summed E-state index contributed by atoms with van der Waals surface area (Å²) < 4.78 is 0. The Bertz CT molecular complexity index is 1240. The van der Waals surface area contributed by atoms with Gasteiger partial charge < -0.3 is 4.90 Å². The number of rotatable bonds is 3. The number of ketones is 1. The van der Waals surface area contributed by atoms with Crippen LogP contribution in [0.3, 0.4) is 0 Å². The third kappa shape index (κ3) is 2.86. The average molecular weight is 399 g/mol. The number of aromatic nitrogens is 1. The molecule has 5 rings (SSSR count). The van der Waals surface area contributed by atoms with Crippen LogP contribution in [0.25, 0.3) is 10.8 Å². The van der Waals surface area contributed by atoms with Gasteiger partial charge in [-0.05, 0) is 35.6 Å². The number of piperidine rings is 1. The molecule has 2 aliphatic rings. The van der Waals surface area contributed by atoms with Crippen LogP contribution in [-0.4, -0.2) is 39.4 Å². The molecular weight excluding hydrogens is 382 g/mol. The predicted octanol–water partition coefficient (Wildman–Crippen LogP) is 2.23. The van der Waals surface area contributed by atoms with E-state index in [9.17, 15) is 19.2 Å². The molecule has 148 valence electrons. The molecule has 0 aliphatic carbocycles. The van der Waals surface area contributed by atoms with E-state index in [1.807, 2.05) is 30.3 Å². The minimum absolute atomic E-state index is 0.201. The van der Waals surface area contributed by atoms with Crippen LogP contribution in [0.4, 0.5) is 0 Å². The van der Waals surface area contributed by atoms with Crippen molar-refractivity contribution >= 4 is 34.3 Å². The number of amides is 3. The molecule has 7 heteroatoms. The number of nitrogens with one attached hydrogen (secondary N) is 1. The maximum absolute atomic E-state index is 13.2. The molecule has 3 heterocycles. The lowest BCUT2D eigenvalue weighted by Gasteiger charge is -2.29. The first kappa shape index (κ1) is 18.2. The highest BCUT2D eigenvalue weighted by atomic mass is 16.2. The number of carbonyl (C=O) groups excluding carboxylic acids is 4. The monoisotopic (exact) mass is 399 g/mol. The lowest BCUT2D eigenvalue weighted by molar-refractivity contribution is -0.136. The van der Waals surface area contributed by atoms with Crippen molar-refractivity contribution in [3.05, 3.63) is 77.1 Å². The minimum Gasteiger partial charge on any atom is -0.322 e. The van der Waals surface area contributed by atoms with E-state index in [0.29, 0.717) is 28.8 Å². The minimum atomic E-state index is -0.679. The molecule has 0 bridgehead atoms. The first-order valence-electron chi connectivity index (χ1n) is 9.69. The third-order valence-corrected chi connectivity index (χ3v) is 5.67. The normalized spacial score (nSPS) is 18.5. The Morgan fingerprint density at radius 2 is 1.90 bits per heavy atom. The summed E-state index contributed by atoms with van der Waals surface area (Å²) in [5.74, 6) is -1.26. The molecule has 2 aromatic carbocycles. The molecule has 0 saturated carbocycles. The first-order valence-corrected chi connectivity index (χ1v) is 9.69. The number of pyridine rings is 1. The van der Waals surface area contributed by atoms with Gasteiger partial charge in [-0.3, -0.25) is 29.5 Å². The van der Waals surface area contributed by atoms with Gasteiger partial charge in [-0.15, -0.1) is 0 Å². The molecule has 30 heavy (non-hydrogen) atoms. The Hall–Kier alpha value is -3.87. The number of fused-ring (bicyclic) bond motifs is 2. The van der Waals surface area contributed by atoms with E-state index >= 15 is 0 Å². The van der Waals surface area contributed by atoms with E-state index in [0.717, 1.165) is 10.8 Å². The number of hydrogen-bond acceptors (Lipinski definition) is 5. The maximum atomic E-state index is 13.2. The van der Waals surface area contributed by atoms with Gasteiger partial charge in [-0.1, -0.05) is 30.3 Å². The fraction of sp³-hybridized carbons (Fsp3) is 0.174. The molecule has 2 aliphatic heterocycles. The predicted molar refractivity (Wildman–Crippen MR) is 108 cm³/mol. The van der Waals surface area contributed by atoms with Crippen molar-refractivity contribution in [1.29, 1.82) is 0 Å². The van der Waals surface area contributed by atoms with Crippen LogP contribution >= 0.6 is 0 Å². The summed E-state index contributed by atoms with van der Waals surface area (Å²) in [6.07, 6.45) is 2.11. The highest BCUT2D eigenvalue weighted by molar-refractivity contribution is 6.15. The topological polar surface area (TPSA) is 96.4 Å². The largest absolute Gasteiger partial charge is 0.322 e. The highest BCUT2D eigenvalue weighted by Crippen LogP contribution is 2.29. The Balaban J connectivity index is 1.46. The van der Waals surface area contributed by atoms with Crippen molar-refractivity contribution in [3.8, 4) is 0 Å². The van der Waals surface area contributed by atoms with E-state index in [4.69, 9.17) is 0 Å². The molecule has 3 amide bonds. The van der Waals surface area contributed by atoms with E-state index in [1.54, 1.807) is 24.4 Å². The van der Waals surface area contributed by atoms with Crippen LogP contribution in [0.1, 0.15) is 44.8 Å². The molecule has 1 saturated heterocycles. The molecule has 3 aromatic rings. The van der Waals surface area contributed by atoms with Crippen LogP contribution in [0.2, 0.25) is 0 Å². The molecule has 0 radical (unpaired) electrons. The molecule has 0 spiro atoms. The Labute approximate surface area is 171 Å². The summed E-state index contributed by atoms with van der Waals surface area (Å²) in [4.78, 5) is 55.3. The zero-order chi connectivity index (χ0) is 20.8. The summed E-state index contributed by atoms with van der Waals surface area (Å²) in [5.41, 5.74) is 1.97. The first-order chi connectivity index (χ1) is 14.5. The van der Waals surface area contributed by atoms with Gasteiger partial charge in [0.05, 0.1) is 0 Å². The maximum Gasteiger partial charge on any atom is 0.255 e. The number of benzene rings is 2. The molecule has 1 atom stereocenters. The SMILES string of the molecule is O=C1CCC(N2Cc3cc(C(=O)c4nccc5ccccc45)ccc3C2=O)C(=O)N1. The average Bonchev–Trinajstić information content (AvgIpc) is 3.08. The van der Waals surface area contributed by atoms with E-state index < -0.39 is 11.9 Å². The van der Waals surface area contributed by atoms with Gasteiger partial charge in [-0.25, -0.2) is 0 Å². The summed E-state index contributed by atoms with van der Waals surface area (Å²) in [6, 6.07) is 13.7. The van der Waals surface area contributed by atoms with E-state index in [2.05, 4.69) is 10.3 Å². The standard InChI is InChI=1S/C23H17N3O4/c27-19-8-7-18(22(29)25-19)26-12-15-11-14(5-6-17(15)23(26)30)21(28)20-16-4-2-1-3-13(16)9-10-24-20/h1-6,9-11,18H,7-8,12H2,(H,25,27,29). The summed E-state index contributed by atoms with van der Waals surface area (Å²) in [6.45, 7) is 0.227. The second-order valence-corrected chi connectivity index (χ2v) is 7.48. The van der Waals surface area contributed by atoms with Gasteiger partial charge in [0, 0.05) is 35.7 Å². The van der Waals surface area contributed by atoms with Crippen molar-refractivity contribution in [2.45, 2.75) is 25.4 Å². The van der Waals surface area contributed by atoms with Gasteiger partial charge in [0.15, 0.2) is 0 Å². The third-order valence-electron chi connectivity index (χ3n) is 5.67. The summed E-state index contributed by atoms with van der Waals surface area (Å²) >= 11 is 0. The Morgan fingerprint density at radius 1 is 1.07 bits per heavy atom. The molecular formula is C23H17N3O4. The van der Waals surface area contributed by atoms with Gasteiger partial charge in [0.25, 0.3) is 5.91 Å². The zero-order valence-corrected chi connectivity index (χ0v) is 15.9. The second-order valence-electron chi connectivity index (χ2n) is 7.48. The van der Waals surface area contributed by atoms with Crippen LogP contribution in [0, 0.1) is 0 Å². The quantitative estimate of drug-likeness (QED) is 0.538. The smallest absolute Gasteiger partial charge is 0.255 e. The molecule has 1 fully saturated rings. The van der Waals surface area contributed by atoms with Crippen molar-refractivity contribution in [2.24, 2.45) is 0 Å². The van der Waals surface area contributed by atoms with Crippen molar-refractivity contribution in [1.82, 2.24) is 15.2 Å². The van der Waals surface area contributed by atoms with Gasteiger partial charge >= 0.3 is 0 Å². The summed E-state index contributed by atoms with van der Waals surface area (Å²) in [5, 5.41) is 3.98. The lowest BCUT2D eigenvalue weighted by atomic mass is 9.99. The number of carbonyl (C=O) groups is 4. The number of imide groups is 1. The van der Waals surface area contributed by atoms with Gasteiger partial charge in [0.1, 0.15) is 11.7 Å². The lowest BCUT2D eigenvalue weighted by Crippen LogP contribution is -2.52. The van der Waals surface area contributed by atoms with Crippen molar-refractivity contribution in [3.63, 3.8) is 0 Å². The molecule has 7 nitrogen and oxygen atoms in total. The van der Waals surface area contributed by atoms with Crippen LogP contribution in [0.5, 0.6) is 0 Å². The molecule has 1 aromatic heterocycles. The van der Waals surface area contributed by atoms with Crippen LogP contribution in [0.15, 0.2) is 54.7 Å². The molecule has 1 N–H and O–H groups in total. The van der Waals surface area contributed by atoms with Crippen molar-refractivity contribution < 1.29 is 19.2 Å². The van der Waals surface area contributed by atoms with E-state index in [-0.39, 0.29) is 30.6 Å². The zero-order valence-electron chi connectivity index (χ0n) is 15.9. The Kier molecular flexibility index (Phi) is 4.17. The van der Waals surface area contributed by atoms with Gasteiger partial charge in [-0.2, -0.15) is 0 Å². The van der Waals surface area contributed by atoms with E-state index in [1.165, 1.54) is 4.90 Å². The summed E-state index contributed by atoms with van der Waals surface area (Å²) in [7, 11) is 0.